The number of carbonyl (C=O) groups excluding carboxylic acids is 3. The number of hydrogen-bond donors (Lipinski definition) is 2. The Morgan fingerprint density at radius 1 is 1.07 bits per heavy atom. The van der Waals surface area contributed by atoms with Crippen LogP contribution in [0.5, 0.6) is 0 Å². The van der Waals surface area contributed by atoms with Crippen molar-refractivity contribution in [2.24, 2.45) is 17.3 Å². The van der Waals surface area contributed by atoms with E-state index in [4.69, 9.17) is 0 Å². The molecule has 30 heavy (non-hydrogen) atoms. The van der Waals surface area contributed by atoms with Crippen molar-refractivity contribution in [3.63, 3.8) is 0 Å². The molecule has 4 amide bonds. The fourth-order valence-corrected chi connectivity index (χ4v) is 5.71. The Bertz CT molecular complexity index is 1030. The lowest BCUT2D eigenvalue weighted by Gasteiger charge is -2.55. The minimum absolute atomic E-state index is 0.129. The van der Waals surface area contributed by atoms with Gasteiger partial charge in [-0.25, -0.2) is 4.79 Å². The van der Waals surface area contributed by atoms with Gasteiger partial charge in [0.2, 0.25) is 11.8 Å². The number of nitrogens with zero attached hydrogens (tertiary/aromatic N) is 2. The zero-order valence-electron chi connectivity index (χ0n) is 17.0. The van der Waals surface area contributed by atoms with E-state index in [1.54, 1.807) is 12.4 Å². The van der Waals surface area contributed by atoms with Gasteiger partial charge in [0.15, 0.2) is 5.41 Å². The molecule has 3 aliphatic rings. The van der Waals surface area contributed by atoms with E-state index < -0.39 is 23.3 Å². The van der Waals surface area contributed by atoms with E-state index in [1.165, 1.54) is 0 Å². The monoisotopic (exact) mass is 404 g/mol. The van der Waals surface area contributed by atoms with Crippen LogP contribution in [0, 0.1) is 17.3 Å². The Labute approximate surface area is 174 Å². The van der Waals surface area contributed by atoms with Crippen molar-refractivity contribution < 1.29 is 14.4 Å². The van der Waals surface area contributed by atoms with Gasteiger partial charge in [0, 0.05) is 24.6 Å². The summed E-state index contributed by atoms with van der Waals surface area (Å²) in [6.07, 6.45) is 4.72. The molecule has 0 aliphatic carbocycles. The van der Waals surface area contributed by atoms with Crippen LogP contribution in [0.1, 0.15) is 25.8 Å². The van der Waals surface area contributed by atoms with E-state index in [0.29, 0.717) is 5.92 Å². The molecule has 7 heteroatoms. The van der Waals surface area contributed by atoms with Crippen LogP contribution in [0.25, 0.3) is 11.1 Å². The third-order valence-electron chi connectivity index (χ3n) is 6.78. The molecule has 0 unspecified atom stereocenters. The maximum absolute atomic E-state index is 13.2. The number of pyridine rings is 1. The van der Waals surface area contributed by atoms with Gasteiger partial charge in [-0.05, 0) is 59.6 Å². The average molecular weight is 404 g/mol. The van der Waals surface area contributed by atoms with Gasteiger partial charge in [-0.1, -0.05) is 26.0 Å². The number of anilines is 1. The van der Waals surface area contributed by atoms with Crippen LogP contribution in [0.2, 0.25) is 0 Å². The number of piperidine rings is 1. The molecule has 2 N–H and O–H groups in total. The second kappa shape index (κ2) is 6.65. The van der Waals surface area contributed by atoms with Gasteiger partial charge in [-0.3, -0.25) is 25.2 Å². The lowest BCUT2D eigenvalue weighted by Crippen LogP contribution is -2.73. The Kier molecular flexibility index (Phi) is 4.17. The number of barbiturate groups is 1. The summed E-state index contributed by atoms with van der Waals surface area (Å²) in [5.74, 6) is -0.423. The molecule has 1 aromatic heterocycles. The van der Waals surface area contributed by atoms with Gasteiger partial charge in [0.05, 0.1) is 6.04 Å². The first-order chi connectivity index (χ1) is 14.4. The number of nitrogens with one attached hydrogen (secondary N) is 2. The lowest BCUT2D eigenvalue weighted by molar-refractivity contribution is -0.148. The molecule has 1 spiro atoms. The predicted molar refractivity (Wildman–Crippen MR) is 112 cm³/mol. The van der Waals surface area contributed by atoms with Crippen molar-refractivity contribution >= 4 is 23.5 Å². The molecule has 0 bridgehead atoms. The number of hydrogen-bond acceptors (Lipinski definition) is 5. The van der Waals surface area contributed by atoms with E-state index >= 15 is 0 Å². The third kappa shape index (κ3) is 2.65. The molecule has 4 heterocycles. The maximum Gasteiger partial charge on any atom is 0.328 e. The van der Waals surface area contributed by atoms with E-state index in [0.717, 1.165) is 35.3 Å². The van der Waals surface area contributed by atoms with Crippen LogP contribution in [-0.2, 0) is 16.0 Å². The Hall–Kier alpha value is -3.22. The summed E-state index contributed by atoms with van der Waals surface area (Å²) in [7, 11) is 0. The van der Waals surface area contributed by atoms with E-state index in [2.05, 4.69) is 46.5 Å². The number of aromatic nitrogens is 1. The first-order valence-electron chi connectivity index (χ1n) is 10.4. The van der Waals surface area contributed by atoms with Crippen molar-refractivity contribution in [3.8, 4) is 11.1 Å². The Balaban J connectivity index is 1.68. The van der Waals surface area contributed by atoms with E-state index in [-0.39, 0.29) is 18.4 Å². The summed E-state index contributed by atoms with van der Waals surface area (Å²) in [6, 6.07) is 9.04. The topological polar surface area (TPSA) is 91.4 Å². The summed E-state index contributed by atoms with van der Waals surface area (Å²) >= 11 is 0. The smallest absolute Gasteiger partial charge is 0.328 e. The minimum atomic E-state index is -1.33. The fourth-order valence-electron chi connectivity index (χ4n) is 5.71. The number of carbonyl (C=O) groups is 3. The molecule has 3 atom stereocenters. The second-order valence-corrected chi connectivity index (χ2v) is 8.89. The van der Waals surface area contributed by atoms with Crippen molar-refractivity contribution in [2.75, 3.05) is 11.4 Å². The number of benzene rings is 1. The second-order valence-electron chi connectivity index (χ2n) is 8.89. The molecule has 3 aliphatic heterocycles. The third-order valence-corrected chi connectivity index (χ3v) is 6.78. The fraction of sp³-hybridized carbons (Fsp3) is 0.391. The quantitative estimate of drug-likeness (QED) is 0.713. The minimum Gasteiger partial charge on any atom is -0.366 e. The molecular formula is C23H24N4O3. The van der Waals surface area contributed by atoms with Gasteiger partial charge in [-0.2, -0.15) is 0 Å². The molecule has 1 aromatic carbocycles. The van der Waals surface area contributed by atoms with Crippen molar-refractivity contribution in [1.82, 2.24) is 15.6 Å². The predicted octanol–water partition coefficient (Wildman–Crippen LogP) is 2.51. The molecule has 0 radical (unpaired) electrons. The molecule has 5 rings (SSSR count). The summed E-state index contributed by atoms with van der Waals surface area (Å²) in [6.45, 7) is 5.06. The molecular weight excluding hydrogens is 380 g/mol. The zero-order valence-corrected chi connectivity index (χ0v) is 17.0. The number of amides is 4. The van der Waals surface area contributed by atoms with E-state index in [1.807, 2.05) is 18.2 Å². The molecule has 0 saturated carbocycles. The van der Waals surface area contributed by atoms with Gasteiger partial charge in [-0.15, -0.1) is 0 Å². The Morgan fingerprint density at radius 2 is 1.83 bits per heavy atom. The summed E-state index contributed by atoms with van der Waals surface area (Å²) in [4.78, 5) is 44.6. The average Bonchev–Trinajstić information content (AvgIpc) is 2.71. The first kappa shape index (κ1) is 18.8. The van der Waals surface area contributed by atoms with Crippen LogP contribution >= 0.6 is 0 Å². The van der Waals surface area contributed by atoms with Crippen molar-refractivity contribution in [2.45, 2.75) is 32.7 Å². The maximum atomic E-state index is 13.2. The highest BCUT2D eigenvalue weighted by Crippen LogP contribution is 2.49. The van der Waals surface area contributed by atoms with Crippen LogP contribution in [-0.4, -0.2) is 35.4 Å². The highest BCUT2D eigenvalue weighted by molar-refractivity contribution is 6.20. The van der Waals surface area contributed by atoms with Crippen LogP contribution in [0.3, 0.4) is 0 Å². The molecule has 2 aromatic rings. The highest BCUT2D eigenvalue weighted by Gasteiger charge is 2.62. The first-order valence-corrected chi connectivity index (χ1v) is 10.4. The van der Waals surface area contributed by atoms with Crippen molar-refractivity contribution in [3.05, 3.63) is 48.3 Å². The standard InChI is InChI=1S/C23H24N4O3/c1-13-8-14(2)19-23(20(28)25-22(30)26-21(23)29)10-17-9-15(16-4-3-7-24-11-16)5-6-18(17)27(19)12-13/h3-7,9,11,13-14,19H,8,10,12H2,1-2H3,(H2,25,26,28,29,30)/t13-,14+,19+/m0/s1. The summed E-state index contributed by atoms with van der Waals surface area (Å²) in [5.41, 5.74) is 2.64. The lowest BCUT2D eigenvalue weighted by atomic mass is 9.62. The molecule has 154 valence electrons. The van der Waals surface area contributed by atoms with Crippen LogP contribution in [0.4, 0.5) is 10.5 Å². The summed E-state index contributed by atoms with van der Waals surface area (Å²) < 4.78 is 0. The van der Waals surface area contributed by atoms with Crippen LogP contribution in [0.15, 0.2) is 42.7 Å². The Morgan fingerprint density at radius 3 is 2.53 bits per heavy atom. The van der Waals surface area contributed by atoms with E-state index in [9.17, 15) is 14.4 Å². The number of rotatable bonds is 1. The number of fused-ring (bicyclic) bond motifs is 4. The molecule has 2 fully saturated rings. The van der Waals surface area contributed by atoms with Gasteiger partial charge < -0.3 is 4.90 Å². The SMILES string of the molecule is C[C@H]1C[C@@H](C)[C@H]2N(C1)c1ccc(-c3cccnc3)cc1CC21C(=O)NC(=O)NC1=O. The normalized spacial score (nSPS) is 27.2. The van der Waals surface area contributed by atoms with Crippen LogP contribution < -0.4 is 15.5 Å². The zero-order chi connectivity index (χ0) is 21.0. The van der Waals surface area contributed by atoms with Crippen molar-refractivity contribution in [1.29, 1.82) is 0 Å². The number of imide groups is 2. The van der Waals surface area contributed by atoms with Gasteiger partial charge in [0.1, 0.15) is 0 Å². The highest BCUT2D eigenvalue weighted by atomic mass is 16.2. The van der Waals surface area contributed by atoms with Gasteiger partial charge in [0.25, 0.3) is 0 Å². The van der Waals surface area contributed by atoms with Gasteiger partial charge >= 0.3 is 6.03 Å². The number of urea groups is 1. The summed E-state index contributed by atoms with van der Waals surface area (Å²) in [5, 5.41) is 4.73. The largest absolute Gasteiger partial charge is 0.366 e. The molecule has 2 saturated heterocycles. The molecule has 7 nitrogen and oxygen atoms in total.